The molecule has 1 aromatic carbocycles. The van der Waals surface area contributed by atoms with Crippen LogP contribution >= 0.6 is 0 Å². The molecule has 0 atom stereocenters. The number of rotatable bonds is 5. The van der Waals surface area contributed by atoms with Gasteiger partial charge in [0.05, 0.1) is 14.2 Å². The molecule has 3 aromatic rings. The van der Waals surface area contributed by atoms with E-state index in [2.05, 4.69) is 10.3 Å². The molecule has 0 spiro atoms. The van der Waals surface area contributed by atoms with Crippen molar-refractivity contribution in [2.75, 3.05) is 19.5 Å². The zero-order valence-electron chi connectivity index (χ0n) is 15.1. The van der Waals surface area contributed by atoms with Crippen LogP contribution in [0.4, 0.5) is 5.69 Å². The van der Waals surface area contributed by atoms with Gasteiger partial charge in [-0.1, -0.05) is 6.07 Å². The number of carbonyl (C=O) groups excluding carboxylic acids is 1. The van der Waals surface area contributed by atoms with E-state index in [0.717, 1.165) is 4.57 Å². The van der Waals surface area contributed by atoms with Crippen molar-refractivity contribution in [2.45, 2.75) is 6.54 Å². The van der Waals surface area contributed by atoms with Crippen molar-refractivity contribution < 1.29 is 14.3 Å². The molecule has 0 aliphatic heterocycles. The van der Waals surface area contributed by atoms with Gasteiger partial charge in [-0.05, 0) is 18.2 Å². The summed E-state index contributed by atoms with van der Waals surface area (Å²) in [5.74, 6) is 0.328. The molecule has 1 amide bonds. The van der Waals surface area contributed by atoms with Gasteiger partial charge in [0.15, 0.2) is 5.65 Å². The van der Waals surface area contributed by atoms with Crippen LogP contribution in [0.2, 0.25) is 0 Å². The highest BCUT2D eigenvalue weighted by Crippen LogP contribution is 2.18. The van der Waals surface area contributed by atoms with Gasteiger partial charge in [-0.2, -0.15) is 0 Å². The summed E-state index contributed by atoms with van der Waals surface area (Å²) >= 11 is 0. The van der Waals surface area contributed by atoms with Crippen molar-refractivity contribution in [1.29, 1.82) is 0 Å². The fourth-order valence-corrected chi connectivity index (χ4v) is 2.74. The number of ether oxygens (including phenoxy) is 2. The van der Waals surface area contributed by atoms with E-state index in [0.29, 0.717) is 11.4 Å². The van der Waals surface area contributed by atoms with E-state index in [1.807, 2.05) is 0 Å². The third-order valence-corrected chi connectivity index (χ3v) is 4.06. The van der Waals surface area contributed by atoms with Crippen LogP contribution in [0.1, 0.15) is 0 Å². The van der Waals surface area contributed by atoms with Gasteiger partial charge in [-0.15, -0.1) is 0 Å². The summed E-state index contributed by atoms with van der Waals surface area (Å²) in [7, 11) is 4.41. The predicted molar refractivity (Wildman–Crippen MR) is 99.4 cm³/mol. The highest BCUT2D eigenvalue weighted by atomic mass is 16.5. The average molecular weight is 370 g/mol. The number of aromatic nitrogens is 3. The lowest BCUT2D eigenvalue weighted by Crippen LogP contribution is -2.42. The Morgan fingerprint density at radius 1 is 1.19 bits per heavy atom. The summed E-state index contributed by atoms with van der Waals surface area (Å²) in [6.07, 6.45) is 1.44. The van der Waals surface area contributed by atoms with Crippen molar-refractivity contribution >= 4 is 22.6 Å². The van der Waals surface area contributed by atoms with E-state index in [1.165, 1.54) is 38.1 Å². The Hall–Kier alpha value is -3.62. The minimum absolute atomic E-state index is 0.135. The monoisotopic (exact) mass is 370 g/mol. The lowest BCUT2D eigenvalue weighted by Gasteiger charge is -2.12. The summed E-state index contributed by atoms with van der Waals surface area (Å²) in [6, 6.07) is 8.28. The lowest BCUT2D eigenvalue weighted by molar-refractivity contribution is -0.116. The Morgan fingerprint density at radius 2 is 1.96 bits per heavy atom. The SMILES string of the molecule is COc1cccc(NC(=O)Cn2c(=O)c3c(OC)ccnc3n(C)c2=O)c1. The Kier molecular flexibility index (Phi) is 4.93. The number of nitrogens with zero attached hydrogens (tertiary/aromatic N) is 3. The van der Waals surface area contributed by atoms with Crippen LogP contribution < -0.4 is 26.0 Å². The molecular weight excluding hydrogens is 352 g/mol. The van der Waals surface area contributed by atoms with Gasteiger partial charge in [0, 0.05) is 25.0 Å². The zero-order chi connectivity index (χ0) is 19.6. The summed E-state index contributed by atoms with van der Waals surface area (Å²) < 4.78 is 12.4. The number of amides is 1. The number of nitrogens with one attached hydrogen (secondary N) is 1. The molecule has 1 N–H and O–H groups in total. The van der Waals surface area contributed by atoms with Crippen LogP contribution in [-0.2, 0) is 18.4 Å². The van der Waals surface area contributed by atoms with Gasteiger partial charge in [-0.3, -0.25) is 14.2 Å². The maximum atomic E-state index is 12.8. The predicted octanol–water partition coefficient (Wildman–Crippen LogP) is 0.751. The number of methoxy groups -OCH3 is 2. The number of aryl methyl sites for hydroxylation is 1. The molecular formula is C18H18N4O5. The quantitative estimate of drug-likeness (QED) is 0.711. The molecule has 0 fully saturated rings. The van der Waals surface area contributed by atoms with Crippen LogP contribution in [0.15, 0.2) is 46.1 Å². The van der Waals surface area contributed by atoms with Crippen molar-refractivity contribution in [2.24, 2.45) is 7.05 Å². The molecule has 0 unspecified atom stereocenters. The van der Waals surface area contributed by atoms with Gasteiger partial charge < -0.3 is 14.8 Å². The Balaban J connectivity index is 2.00. The van der Waals surface area contributed by atoms with E-state index in [9.17, 15) is 14.4 Å². The van der Waals surface area contributed by atoms with Gasteiger partial charge in [0.25, 0.3) is 5.56 Å². The number of hydrogen-bond acceptors (Lipinski definition) is 6. The van der Waals surface area contributed by atoms with Crippen molar-refractivity contribution in [3.63, 3.8) is 0 Å². The van der Waals surface area contributed by atoms with Crippen molar-refractivity contribution in [3.8, 4) is 11.5 Å². The van der Waals surface area contributed by atoms with Crippen molar-refractivity contribution in [3.05, 3.63) is 57.4 Å². The smallest absolute Gasteiger partial charge is 0.332 e. The van der Waals surface area contributed by atoms with Gasteiger partial charge in [-0.25, -0.2) is 14.3 Å². The maximum absolute atomic E-state index is 12.8. The molecule has 2 aromatic heterocycles. The largest absolute Gasteiger partial charge is 0.497 e. The minimum atomic E-state index is -0.644. The fourth-order valence-electron chi connectivity index (χ4n) is 2.74. The van der Waals surface area contributed by atoms with E-state index in [-0.39, 0.29) is 16.8 Å². The first-order chi connectivity index (χ1) is 13.0. The molecule has 0 saturated heterocycles. The van der Waals surface area contributed by atoms with Crippen LogP contribution in [0.25, 0.3) is 11.0 Å². The van der Waals surface area contributed by atoms with Crippen LogP contribution in [0, 0.1) is 0 Å². The van der Waals surface area contributed by atoms with Gasteiger partial charge in [0.2, 0.25) is 5.91 Å². The number of anilines is 1. The topological polar surface area (TPSA) is 104 Å². The molecule has 27 heavy (non-hydrogen) atoms. The first-order valence-electron chi connectivity index (χ1n) is 8.02. The molecule has 0 bridgehead atoms. The standard InChI is InChI=1S/C18H18N4O5/c1-21-16-15(13(27-3)7-8-19-16)17(24)22(18(21)25)10-14(23)20-11-5-4-6-12(9-11)26-2/h4-9H,10H2,1-3H3,(H,20,23). The molecule has 140 valence electrons. The van der Waals surface area contributed by atoms with Crippen molar-refractivity contribution in [1.82, 2.24) is 14.1 Å². The number of carbonyl (C=O) groups is 1. The molecule has 2 heterocycles. The van der Waals surface area contributed by atoms with Crippen LogP contribution in [0.5, 0.6) is 11.5 Å². The third-order valence-electron chi connectivity index (χ3n) is 4.06. The molecule has 3 rings (SSSR count). The number of benzene rings is 1. The molecule has 0 aliphatic carbocycles. The Bertz CT molecular complexity index is 1130. The van der Waals surface area contributed by atoms with Crippen LogP contribution in [-0.4, -0.2) is 34.2 Å². The Morgan fingerprint density at radius 3 is 2.67 bits per heavy atom. The Labute approximate surface area is 153 Å². The first-order valence-corrected chi connectivity index (χ1v) is 8.02. The van der Waals surface area contributed by atoms with E-state index >= 15 is 0 Å². The molecule has 9 heteroatoms. The zero-order valence-corrected chi connectivity index (χ0v) is 15.1. The van der Waals surface area contributed by atoms with E-state index in [4.69, 9.17) is 9.47 Å². The first kappa shape index (κ1) is 18.2. The average Bonchev–Trinajstić information content (AvgIpc) is 2.69. The molecule has 0 radical (unpaired) electrons. The summed E-state index contributed by atoms with van der Waals surface area (Å²) in [5.41, 5.74) is -0.606. The maximum Gasteiger partial charge on any atom is 0.332 e. The number of pyridine rings is 1. The lowest BCUT2D eigenvalue weighted by atomic mass is 10.3. The second-order valence-electron chi connectivity index (χ2n) is 5.72. The summed E-state index contributed by atoms with van der Waals surface area (Å²) in [4.78, 5) is 41.8. The molecule has 0 aliphatic rings. The van der Waals surface area contributed by atoms with E-state index < -0.39 is 23.7 Å². The number of fused-ring (bicyclic) bond motifs is 1. The third kappa shape index (κ3) is 3.39. The summed E-state index contributed by atoms with van der Waals surface area (Å²) in [6.45, 7) is -0.448. The second kappa shape index (κ2) is 7.32. The van der Waals surface area contributed by atoms with Gasteiger partial charge in [0.1, 0.15) is 23.4 Å². The van der Waals surface area contributed by atoms with E-state index in [1.54, 1.807) is 24.3 Å². The molecule has 0 saturated carbocycles. The molecule has 9 nitrogen and oxygen atoms in total. The normalized spacial score (nSPS) is 10.6. The number of hydrogen-bond donors (Lipinski definition) is 1. The second-order valence-corrected chi connectivity index (χ2v) is 5.72. The van der Waals surface area contributed by atoms with Crippen LogP contribution in [0.3, 0.4) is 0 Å². The summed E-state index contributed by atoms with van der Waals surface area (Å²) in [5, 5.41) is 2.78. The highest BCUT2D eigenvalue weighted by Gasteiger charge is 2.17. The minimum Gasteiger partial charge on any atom is -0.497 e. The highest BCUT2D eigenvalue weighted by molar-refractivity contribution is 5.91. The fraction of sp³-hybridized carbons (Fsp3) is 0.222. The van der Waals surface area contributed by atoms with Gasteiger partial charge >= 0.3 is 5.69 Å².